The fourth-order valence-corrected chi connectivity index (χ4v) is 2.33. The summed E-state index contributed by atoms with van der Waals surface area (Å²) in [5, 5.41) is 0. The van der Waals surface area contributed by atoms with E-state index in [1.807, 2.05) is 12.3 Å². The molecule has 3 nitrogen and oxygen atoms in total. The molecule has 0 N–H and O–H groups in total. The number of Topliss-reactive ketones (excluding diaryl/α,β-unsaturated/α-hetero) is 1. The number of hydrogen-bond donors (Lipinski definition) is 0. The van der Waals surface area contributed by atoms with Crippen molar-refractivity contribution in [3.05, 3.63) is 53.1 Å². The van der Waals surface area contributed by atoms with Crippen molar-refractivity contribution >= 4 is 5.78 Å². The maximum atomic E-state index is 12.2. The van der Waals surface area contributed by atoms with E-state index in [0.717, 1.165) is 24.4 Å². The molecule has 20 heavy (non-hydrogen) atoms. The molecule has 0 bridgehead atoms. The first-order chi connectivity index (χ1) is 9.60. The summed E-state index contributed by atoms with van der Waals surface area (Å²) in [6.45, 7) is 7.21. The fraction of sp³-hybridized carbons (Fsp3) is 0.412. The molecular formula is C17H22N2O. The molecule has 0 amide bonds. The molecule has 0 fully saturated rings. The zero-order chi connectivity index (χ0) is 14.5. The van der Waals surface area contributed by atoms with Crippen molar-refractivity contribution in [3.63, 3.8) is 0 Å². The molecule has 0 spiro atoms. The van der Waals surface area contributed by atoms with Gasteiger partial charge in [0, 0.05) is 25.4 Å². The fourth-order valence-electron chi connectivity index (χ4n) is 2.33. The Morgan fingerprint density at radius 1 is 1.20 bits per heavy atom. The molecule has 2 aromatic rings. The first-order valence-electron chi connectivity index (χ1n) is 7.18. The van der Waals surface area contributed by atoms with Crippen LogP contribution in [0.5, 0.6) is 0 Å². The van der Waals surface area contributed by atoms with Crippen LogP contribution in [0.15, 0.2) is 30.6 Å². The minimum Gasteiger partial charge on any atom is -0.335 e. The van der Waals surface area contributed by atoms with Crippen molar-refractivity contribution in [2.75, 3.05) is 0 Å². The normalized spacial score (nSPS) is 10.8. The molecule has 3 heteroatoms. The molecule has 1 aromatic carbocycles. The first-order valence-corrected chi connectivity index (χ1v) is 7.18. The molecule has 0 unspecified atom stereocenters. The average molecular weight is 270 g/mol. The number of imidazole rings is 1. The summed E-state index contributed by atoms with van der Waals surface area (Å²) in [7, 11) is 0. The van der Waals surface area contributed by atoms with Gasteiger partial charge in [0.1, 0.15) is 11.6 Å². The Hall–Kier alpha value is -1.90. The largest absolute Gasteiger partial charge is 0.335 e. The minimum absolute atomic E-state index is 0.219. The Kier molecular flexibility index (Phi) is 4.72. The topological polar surface area (TPSA) is 34.9 Å². The number of ketones is 1. The van der Waals surface area contributed by atoms with E-state index in [-0.39, 0.29) is 5.78 Å². The van der Waals surface area contributed by atoms with Gasteiger partial charge in [-0.3, -0.25) is 4.79 Å². The van der Waals surface area contributed by atoms with Crippen molar-refractivity contribution in [2.24, 2.45) is 0 Å². The second-order valence-electron chi connectivity index (χ2n) is 5.35. The van der Waals surface area contributed by atoms with Crippen molar-refractivity contribution in [2.45, 2.75) is 46.6 Å². The van der Waals surface area contributed by atoms with Gasteiger partial charge in [-0.15, -0.1) is 0 Å². The zero-order valence-corrected chi connectivity index (χ0v) is 12.5. The highest BCUT2D eigenvalue weighted by molar-refractivity contribution is 5.82. The molecule has 1 heterocycles. The van der Waals surface area contributed by atoms with Gasteiger partial charge in [0.25, 0.3) is 0 Å². The lowest BCUT2D eigenvalue weighted by atomic mass is 10.0. The number of rotatable bonds is 6. The van der Waals surface area contributed by atoms with E-state index in [1.54, 1.807) is 6.20 Å². The molecule has 106 valence electrons. The number of hydrogen-bond acceptors (Lipinski definition) is 2. The Bertz CT molecular complexity index is 599. The predicted molar refractivity (Wildman–Crippen MR) is 80.8 cm³/mol. The van der Waals surface area contributed by atoms with Crippen molar-refractivity contribution in [1.29, 1.82) is 0 Å². The summed E-state index contributed by atoms with van der Waals surface area (Å²) >= 11 is 0. The molecule has 0 aliphatic carbocycles. The van der Waals surface area contributed by atoms with Crippen molar-refractivity contribution < 1.29 is 4.79 Å². The van der Waals surface area contributed by atoms with Gasteiger partial charge in [-0.25, -0.2) is 4.98 Å². The maximum absolute atomic E-state index is 12.2. The van der Waals surface area contributed by atoms with Gasteiger partial charge in [0.05, 0.1) is 6.42 Å². The molecule has 0 saturated carbocycles. The summed E-state index contributed by atoms with van der Waals surface area (Å²) in [5.41, 5.74) is 3.59. The Morgan fingerprint density at radius 3 is 2.70 bits per heavy atom. The van der Waals surface area contributed by atoms with Gasteiger partial charge in [0.2, 0.25) is 0 Å². The van der Waals surface area contributed by atoms with E-state index in [1.165, 1.54) is 11.1 Å². The monoisotopic (exact) mass is 270 g/mol. The van der Waals surface area contributed by atoms with Gasteiger partial charge in [-0.05, 0) is 37.0 Å². The number of aromatic nitrogens is 2. The SMILES string of the molecule is CCCn1ccnc1CC(=O)Cc1ccc(C)c(C)c1. The second-order valence-corrected chi connectivity index (χ2v) is 5.35. The summed E-state index contributed by atoms with van der Waals surface area (Å²) in [6, 6.07) is 6.22. The first kappa shape index (κ1) is 14.5. The summed E-state index contributed by atoms with van der Waals surface area (Å²) in [5.74, 6) is 1.09. The van der Waals surface area contributed by atoms with Gasteiger partial charge >= 0.3 is 0 Å². The number of carbonyl (C=O) groups is 1. The third kappa shape index (κ3) is 3.56. The standard InChI is InChI=1S/C17H22N2O/c1-4-8-19-9-7-18-17(19)12-16(20)11-15-6-5-13(2)14(3)10-15/h5-7,9-10H,4,8,11-12H2,1-3H3. The summed E-state index contributed by atoms with van der Waals surface area (Å²) < 4.78 is 2.07. The van der Waals surface area contributed by atoms with E-state index in [2.05, 4.69) is 42.5 Å². The molecule has 0 aliphatic rings. The van der Waals surface area contributed by atoms with Crippen LogP contribution in [0.25, 0.3) is 0 Å². The number of nitrogens with zero attached hydrogens (tertiary/aromatic N) is 2. The number of aryl methyl sites for hydroxylation is 3. The molecule has 0 saturated heterocycles. The van der Waals surface area contributed by atoms with Crippen molar-refractivity contribution in [1.82, 2.24) is 9.55 Å². The Morgan fingerprint density at radius 2 is 2.00 bits per heavy atom. The molecular weight excluding hydrogens is 248 g/mol. The van der Waals surface area contributed by atoms with Gasteiger partial charge < -0.3 is 4.57 Å². The van der Waals surface area contributed by atoms with Crippen molar-refractivity contribution in [3.8, 4) is 0 Å². The molecule has 1 aromatic heterocycles. The van der Waals surface area contributed by atoms with Crippen LogP contribution in [0, 0.1) is 13.8 Å². The zero-order valence-electron chi connectivity index (χ0n) is 12.5. The minimum atomic E-state index is 0.219. The van der Waals surface area contributed by atoms with E-state index >= 15 is 0 Å². The molecule has 0 radical (unpaired) electrons. The van der Waals surface area contributed by atoms with Gasteiger partial charge in [-0.2, -0.15) is 0 Å². The van der Waals surface area contributed by atoms with Crippen LogP contribution < -0.4 is 0 Å². The highest BCUT2D eigenvalue weighted by atomic mass is 16.1. The lowest BCUT2D eigenvalue weighted by molar-refractivity contribution is -0.117. The Balaban J connectivity index is 2.01. The van der Waals surface area contributed by atoms with E-state index in [9.17, 15) is 4.79 Å². The van der Waals surface area contributed by atoms with Crippen LogP contribution in [-0.2, 0) is 24.2 Å². The lowest BCUT2D eigenvalue weighted by Gasteiger charge is -2.07. The van der Waals surface area contributed by atoms with Crippen LogP contribution in [0.2, 0.25) is 0 Å². The third-order valence-electron chi connectivity index (χ3n) is 3.59. The Labute approximate surface area is 120 Å². The van der Waals surface area contributed by atoms with E-state index in [0.29, 0.717) is 12.8 Å². The highest BCUT2D eigenvalue weighted by Gasteiger charge is 2.10. The van der Waals surface area contributed by atoms with Crippen LogP contribution in [0.3, 0.4) is 0 Å². The summed E-state index contributed by atoms with van der Waals surface area (Å²) in [4.78, 5) is 16.5. The average Bonchev–Trinajstić information content (AvgIpc) is 2.82. The lowest BCUT2D eigenvalue weighted by Crippen LogP contribution is -2.12. The second kappa shape index (κ2) is 6.51. The van der Waals surface area contributed by atoms with Gasteiger partial charge in [0.15, 0.2) is 0 Å². The van der Waals surface area contributed by atoms with E-state index in [4.69, 9.17) is 0 Å². The maximum Gasteiger partial charge on any atom is 0.144 e. The van der Waals surface area contributed by atoms with Crippen LogP contribution in [0.4, 0.5) is 0 Å². The highest BCUT2D eigenvalue weighted by Crippen LogP contribution is 2.11. The quantitative estimate of drug-likeness (QED) is 0.807. The number of carbonyl (C=O) groups excluding carboxylic acids is 1. The van der Waals surface area contributed by atoms with E-state index < -0.39 is 0 Å². The van der Waals surface area contributed by atoms with Crippen LogP contribution in [0.1, 0.15) is 35.9 Å². The summed E-state index contributed by atoms with van der Waals surface area (Å²) in [6.07, 6.45) is 5.67. The molecule has 0 aliphatic heterocycles. The molecule has 0 atom stereocenters. The third-order valence-corrected chi connectivity index (χ3v) is 3.59. The number of benzene rings is 1. The van der Waals surface area contributed by atoms with Crippen LogP contribution in [-0.4, -0.2) is 15.3 Å². The molecule has 2 rings (SSSR count). The van der Waals surface area contributed by atoms with Crippen LogP contribution >= 0.6 is 0 Å². The predicted octanol–water partition coefficient (Wildman–Crippen LogP) is 3.26. The smallest absolute Gasteiger partial charge is 0.144 e. The van der Waals surface area contributed by atoms with Gasteiger partial charge in [-0.1, -0.05) is 25.1 Å².